The highest BCUT2D eigenvalue weighted by atomic mass is 16.2. The first-order valence-electron chi connectivity index (χ1n) is 8.23. The van der Waals surface area contributed by atoms with Gasteiger partial charge in [0.2, 0.25) is 11.8 Å². The van der Waals surface area contributed by atoms with Crippen molar-refractivity contribution in [1.29, 1.82) is 0 Å². The van der Waals surface area contributed by atoms with Gasteiger partial charge in [0.25, 0.3) is 0 Å². The van der Waals surface area contributed by atoms with Crippen LogP contribution in [0.3, 0.4) is 0 Å². The number of carbonyl (C=O) groups is 2. The number of carbonyl (C=O) groups excluding carboxylic acids is 2. The number of hydrogen-bond acceptors (Lipinski definition) is 3. The van der Waals surface area contributed by atoms with Gasteiger partial charge in [0.1, 0.15) is 12.6 Å². The zero-order valence-electron chi connectivity index (χ0n) is 13.8. The Kier molecular flexibility index (Phi) is 4.93. The average molecular weight is 326 g/mol. The number of imidazole rings is 1. The summed E-state index contributed by atoms with van der Waals surface area (Å²) in [6, 6.07) is 9.36. The molecule has 3 rings (SSSR count). The van der Waals surface area contributed by atoms with Gasteiger partial charge in [-0.3, -0.25) is 9.59 Å². The number of amides is 2. The van der Waals surface area contributed by atoms with Crippen LogP contribution in [0, 0.1) is 0 Å². The lowest BCUT2D eigenvalue weighted by molar-refractivity contribution is -0.155. The van der Waals surface area contributed by atoms with Crippen molar-refractivity contribution in [2.45, 2.75) is 32.5 Å². The molecule has 24 heavy (non-hydrogen) atoms. The normalized spacial score (nSPS) is 18.3. The molecule has 0 aliphatic carbocycles. The summed E-state index contributed by atoms with van der Waals surface area (Å²) in [5, 5.41) is 0. The Hall–Kier alpha value is -2.63. The van der Waals surface area contributed by atoms with Crippen LogP contribution in [0.5, 0.6) is 0 Å². The van der Waals surface area contributed by atoms with E-state index in [2.05, 4.69) is 4.98 Å². The maximum Gasteiger partial charge on any atom is 0.245 e. The summed E-state index contributed by atoms with van der Waals surface area (Å²) in [6.45, 7) is 3.83. The molecular weight excluding hydrogens is 304 g/mol. The highest BCUT2D eigenvalue weighted by molar-refractivity contribution is 5.94. The van der Waals surface area contributed by atoms with E-state index >= 15 is 0 Å². The van der Waals surface area contributed by atoms with Crippen molar-refractivity contribution in [2.24, 2.45) is 0 Å². The smallest absolute Gasteiger partial charge is 0.245 e. The fraction of sp³-hybridized carbons (Fsp3) is 0.389. The zero-order valence-corrected chi connectivity index (χ0v) is 13.8. The van der Waals surface area contributed by atoms with E-state index in [0.717, 1.165) is 18.5 Å². The van der Waals surface area contributed by atoms with Crippen LogP contribution in [-0.4, -0.2) is 50.3 Å². The maximum absolute atomic E-state index is 12.6. The molecule has 2 heterocycles. The van der Waals surface area contributed by atoms with E-state index in [4.69, 9.17) is 0 Å². The third kappa shape index (κ3) is 3.64. The van der Waals surface area contributed by atoms with E-state index in [9.17, 15) is 9.59 Å². The monoisotopic (exact) mass is 326 g/mol. The average Bonchev–Trinajstić information content (AvgIpc) is 3.10. The number of benzene rings is 1. The Morgan fingerprint density at radius 3 is 2.67 bits per heavy atom. The van der Waals surface area contributed by atoms with Crippen LogP contribution in [0.1, 0.15) is 18.9 Å². The number of aromatic nitrogens is 2. The molecule has 2 aromatic rings. The second-order valence-corrected chi connectivity index (χ2v) is 6.10. The van der Waals surface area contributed by atoms with Crippen LogP contribution >= 0.6 is 0 Å². The Morgan fingerprint density at radius 1 is 1.17 bits per heavy atom. The molecule has 126 valence electrons. The minimum Gasteiger partial charge on any atom is -0.337 e. The molecule has 0 N–H and O–H groups in total. The summed E-state index contributed by atoms with van der Waals surface area (Å²) in [6.07, 6.45) is 6.19. The molecule has 1 aliphatic rings. The molecule has 1 saturated heterocycles. The molecule has 0 saturated carbocycles. The van der Waals surface area contributed by atoms with E-state index in [1.807, 2.05) is 48.0 Å². The van der Waals surface area contributed by atoms with Gasteiger partial charge in [0.05, 0.1) is 6.33 Å². The fourth-order valence-corrected chi connectivity index (χ4v) is 3.04. The van der Waals surface area contributed by atoms with E-state index in [-0.39, 0.29) is 18.4 Å². The molecule has 0 bridgehead atoms. The topological polar surface area (TPSA) is 58.4 Å². The highest BCUT2D eigenvalue weighted by Crippen LogP contribution is 2.16. The summed E-state index contributed by atoms with van der Waals surface area (Å²) in [5.74, 6) is 0.0322. The van der Waals surface area contributed by atoms with Crippen LogP contribution in [0.4, 0.5) is 0 Å². The third-order valence-electron chi connectivity index (χ3n) is 4.37. The first-order valence-corrected chi connectivity index (χ1v) is 8.23. The lowest BCUT2D eigenvalue weighted by Gasteiger charge is -2.38. The largest absolute Gasteiger partial charge is 0.337 e. The third-order valence-corrected chi connectivity index (χ3v) is 4.37. The number of rotatable bonds is 6. The van der Waals surface area contributed by atoms with Crippen LogP contribution in [0.2, 0.25) is 0 Å². The molecule has 6 nitrogen and oxygen atoms in total. The lowest BCUT2D eigenvalue weighted by Crippen LogP contribution is -2.58. The van der Waals surface area contributed by atoms with Crippen molar-refractivity contribution in [1.82, 2.24) is 19.4 Å². The van der Waals surface area contributed by atoms with Gasteiger partial charge in [-0.05, 0) is 18.9 Å². The minimum absolute atomic E-state index is 0.0149. The van der Waals surface area contributed by atoms with Crippen LogP contribution < -0.4 is 0 Å². The van der Waals surface area contributed by atoms with Crippen molar-refractivity contribution in [2.75, 3.05) is 13.1 Å². The predicted octanol–water partition coefficient (Wildman–Crippen LogP) is 1.53. The molecular formula is C18H22N4O2. The summed E-state index contributed by atoms with van der Waals surface area (Å²) < 4.78 is 1.97. The van der Waals surface area contributed by atoms with Crippen LogP contribution in [-0.2, 0) is 22.7 Å². The second-order valence-electron chi connectivity index (χ2n) is 6.10. The summed E-state index contributed by atoms with van der Waals surface area (Å²) in [4.78, 5) is 32.4. The Balaban J connectivity index is 1.57. The van der Waals surface area contributed by atoms with Gasteiger partial charge in [-0.25, -0.2) is 4.98 Å². The van der Waals surface area contributed by atoms with Gasteiger partial charge >= 0.3 is 0 Å². The van der Waals surface area contributed by atoms with E-state index in [0.29, 0.717) is 13.1 Å². The van der Waals surface area contributed by atoms with Gasteiger partial charge in [-0.1, -0.05) is 30.3 Å². The van der Waals surface area contributed by atoms with Crippen molar-refractivity contribution in [3.05, 3.63) is 54.6 Å². The molecule has 2 amide bonds. The van der Waals surface area contributed by atoms with Gasteiger partial charge in [0, 0.05) is 32.0 Å². The zero-order chi connectivity index (χ0) is 16.9. The molecule has 1 aromatic heterocycles. The molecule has 6 heteroatoms. The van der Waals surface area contributed by atoms with Gasteiger partial charge in [-0.2, -0.15) is 0 Å². The number of nitrogens with zero attached hydrogens (tertiary/aromatic N) is 4. The lowest BCUT2D eigenvalue weighted by atomic mass is 10.1. The maximum atomic E-state index is 12.6. The molecule has 1 fully saturated rings. The van der Waals surface area contributed by atoms with E-state index in [1.54, 1.807) is 22.3 Å². The Morgan fingerprint density at radius 2 is 1.96 bits per heavy atom. The first kappa shape index (κ1) is 16.2. The highest BCUT2D eigenvalue weighted by Gasteiger charge is 2.35. The summed E-state index contributed by atoms with van der Waals surface area (Å²) >= 11 is 0. The molecule has 1 aliphatic heterocycles. The SMILES string of the molecule is C[C@H]1C(=O)N(Cc2ccccc2)CC(=O)N1CCCn1ccnc1. The minimum atomic E-state index is -0.405. The first-order chi connectivity index (χ1) is 11.6. The molecule has 1 aromatic carbocycles. The van der Waals surface area contributed by atoms with Crippen molar-refractivity contribution in [3.8, 4) is 0 Å². The fourth-order valence-electron chi connectivity index (χ4n) is 3.04. The van der Waals surface area contributed by atoms with Crippen LogP contribution in [0.25, 0.3) is 0 Å². The number of hydrogen-bond donors (Lipinski definition) is 0. The van der Waals surface area contributed by atoms with Crippen molar-refractivity contribution < 1.29 is 9.59 Å². The Labute approximate surface area is 141 Å². The van der Waals surface area contributed by atoms with Gasteiger partial charge in [0.15, 0.2) is 0 Å². The van der Waals surface area contributed by atoms with Crippen molar-refractivity contribution in [3.63, 3.8) is 0 Å². The molecule has 0 unspecified atom stereocenters. The Bertz CT molecular complexity index is 684. The standard InChI is InChI=1S/C18H22N4O2/c1-15-18(24)21(12-16-6-3-2-4-7-16)13-17(23)22(15)10-5-9-20-11-8-19-14-20/h2-4,6-8,11,14-15H,5,9-10,12-13H2,1H3/t15-/m0/s1. The summed E-state index contributed by atoms with van der Waals surface area (Å²) in [5.41, 5.74) is 1.04. The predicted molar refractivity (Wildman–Crippen MR) is 89.9 cm³/mol. The van der Waals surface area contributed by atoms with Crippen LogP contribution in [0.15, 0.2) is 49.1 Å². The second kappa shape index (κ2) is 7.29. The quantitative estimate of drug-likeness (QED) is 0.809. The van der Waals surface area contributed by atoms with Crippen molar-refractivity contribution >= 4 is 11.8 Å². The van der Waals surface area contributed by atoms with E-state index < -0.39 is 6.04 Å². The number of piperazine rings is 1. The molecule has 0 radical (unpaired) electrons. The molecule has 0 spiro atoms. The number of aryl methyl sites for hydroxylation is 1. The van der Waals surface area contributed by atoms with Gasteiger partial charge < -0.3 is 14.4 Å². The summed E-state index contributed by atoms with van der Waals surface area (Å²) in [7, 11) is 0. The van der Waals surface area contributed by atoms with Gasteiger partial charge in [-0.15, -0.1) is 0 Å². The van der Waals surface area contributed by atoms with E-state index in [1.165, 1.54) is 0 Å². The molecule has 1 atom stereocenters.